The van der Waals surface area contributed by atoms with Crippen LogP contribution in [-0.2, 0) is 4.79 Å². The maximum Gasteiger partial charge on any atom is 0.335 e. The third-order valence-electron chi connectivity index (χ3n) is 1.64. The number of esters is 1. The highest BCUT2D eigenvalue weighted by Crippen LogP contribution is 2.34. The lowest BCUT2D eigenvalue weighted by molar-refractivity contribution is -0.129. The van der Waals surface area contributed by atoms with Gasteiger partial charge in [0, 0.05) is 11.0 Å². The quantitative estimate of drug-likeness (QED) is 0.388. The van der Waals surface area contributed by atoms with Gasteiger partial charge in [-0.1, -0.05) is 12.6 Å². The van der Waals surface area contributed by atoms with E-state index in [1.54, 1.807) is 6.07 Å². The van der Waals surface area contributed by atoms with Crippen molar-refractivity contribution in [3.8, 4) is 5.75 Å². The summed E-state index contributed by atoms with van der Waals surface area (Å²) in [4.78, 5) is 11.6. The molecule has 0 unspecified atom stereocenters. The molecule has 74 valence electrons. The van der Waals surface area contributed by atoms with Gasteiger partial charge in [-0.15, -0.1) is 12.6 Å². The first kappa shape index (κ1) is 11.3. The van der Waals surface area contributed by atoms with Crippen LogP contribution in [-0.4, -0.2) is 5.97 Å². The third-order valence-corrected chi connectivity index (χ3v) is 2.98. The number of aryl methyl sites for hydroxylation is 1. The fraction of sp³-hybridized carbons (Fsp3) is 0.100. The summed E-state index contributed by atoms with van der Waals surface area (Å²) in [5.41, 5.74) is 0.981. The Morgan fingerprint density at radius 3 is 2.86 bits per heavy atom. The molecule has 0 saturated heterocycles. The Balaban J connectivity index is 3.12. The van der Waals surface area contributed by atoms with Crippen LogP contribution in [0.5, 0.6) is 5.75 Å². The molecule has 0 aliphatic heterocycles. The summed E-state index contributed by atoms with van der Waals surface area (Å²) in [6, 6.07) is 3.66. The first-order chi connectivity index (χ1) is 6.56. The van der Waals surface area contributed by atoms with Crippen molar-refractivity contribution >= 4 is 34.5 Å². The first-order valence-corrected chi connectivity index (χ1v) is 5.12. The van der Waals surface area contributed by atoms with E-state index in [0.29, 0.717) is 10.6 Å². The van der Waals surface area contributed by atoms with Crippen LogP contribution < -0.4 is 4.74 Å². The number of thiol groups is 1. The second-order valence-corrected chi connectivity index (χ2v) is 3.94. The van der Waals surface area contributed by atoms with Crippen LogP contribution in [0.2, 0.25) is 0 Å². The molecular weight excluding hydrogens is 264 g/mol. The Labute approximate surface area is 96.5 Å². The lowest BCUT2D eigenvalue weighted by atomic mass is 10.2. The molecule has 0 heterocycles. The lowest BCUT2D eigenvalue weighted by Gasteiger charge is -2.08. The zero-order valence-electron chi connectivity index (χ0n) is 7.58. The molecule has 0 aliphatic rings. The number of hydrogen-bond donors (Lipinski definition) is 1. The van der Waals surface area contributed by atoms with E-state index in [9.17, 15) is 4.79 Å². The zero-order chi connectivity index (χ0) is 10.7. The number of carbonyl (C=O) groups is 1. The first-order valence-electron chi connectivity index (χ1n) is 3.88. The van der Waals surface area contributed by atoms with Crippen molar-refractivity contribution < 1.29 is 9.53 Å². The summed E-state index contributed by atoms with van der Waals surface area (Å²) in [5.74, 6) is -0.0650. The highest BCUT2D eigenvalue weighted by molar-refractivity contribution is 9.10. The minimum absolute atomic E-state index is 0.429. The number of benzene rings is 1. The molecule has 14 heavy (non-hydrogen) atoms. The van der Waals surface area contributed by atoms with Crippen molar-refractivity contribution in [3.63, 3.8) is 0 Å². The lowest BCUT2D eigenvalue weighted by Crippen LogP contribution is -2.04. The average molecular weight is 273 g/mol. The molecule has 0 fully saturated rings. The second kappa shape index (κ2) is 4.66. The Morgan fingerprint density at radius 1 is 1.64 bits per heavy atom. The molecule has 0 saturated carbocycles. The summed E-state index contributed by atoms with van der Waals surface area (Å²) in [6.07, 6.45) is 1.11. The van der Waals surface area contributed by atoms with Gasteiger partial charge in [-0.25, -0.2) is 4.79 Å². The van der Waals surface area contributed by atoms with Crippen LogP contribution in [0.4, 0.5) is 0 Å². The smallest absolute Gasteiger partial charge is 0.335 e. The zero-order valence-corrected chi connectivity index (χ0v) is 10.1. The molecule has 0 spiro atoms. The van der Waals surface area contributed by atoms with Crippen molar-refractivity contribution in [1.82, 2.24) is 0 Å². The fourth-order valence-electron chi connectivity index (χ4n) is 0.884. The van der Waals surface area contributed by atoms with Crippen LogP contribution in [0.25, 0.3) is 0 Å². The topological polar surface area (TPSA) is 26.3 Å². The van der Waals surface area contributed by atoms with Gasteiger partial charge in [-0.05, 0) is 34.5 Å². The van der Waals surface area contributed by atoms with Gasteiger partial charge < -0.3 is 4.74 Å². The van der Waals surface area contributed by atoms with Gasteiger partial charge in [0.05, 0.1) is 4.47 Å². The number of ether oxygens (including phenoxy) is 1. The minimum Gasteiger partial charge on any atom is -0.421 e. The van der Waals surface area contributed by atoms with Gasteiger partial charge in [-0.2, -0.15) is 0 Å². The largest absolute Gasteiger partial charge is 0.421 e. The summed E-state index contributed by atoms with van der Waals surface area (Å²) in [7, 11) is 0. The number of halogens is 1. The molecular formula is C10H9BrO2S. The monoisotopic (exact) mass is 272 g/mol. The molecule has 1 aromatic carbocycles. The molecule has 0 radical (unpaired) electrons. The maximum absolute atomic E-state index is 11.0. The van der Waals surface area contributed by atoms with Crippen molar-refractivity contribution in [2.45, 2.75) is 11.8 Å². The van der Waals surface area contributed by atoms with Gasteiger partial charge in [-0.3, -0.25) is 0 Å². The van der Waals surface area contributed by atoms with Gasteiger partial charge in [0.2, 0.25) is 0 Å². The van der Waals surface area contributed by atoms with Crippen molar-refractivity contribution in [1.29, 1.82) is 0 Å². The Hall–Kier alpha value is -0.740. The van der Waals surface area contributed by atoms with E-state index in [1.807, 2.05) is 13.0 Å². The van der Waals surface area contributed by atoms with E-state index in [-0.39, 0.29) is 0 Å². The van der Waals surface area contributed by atoms with Gasteiger partial charge in [0.25, 0.3) is 0 Å². The molecule has 0 aliphatic carbocycles. The van der Waals surface area contributed by atoms with E-state index in [1.165, 1.54) is 0 Å². The number of hydrogen-bond acceptors (Lipinski definition) is 3. The van der Waals surface area contributed by atoms with Gasteiger partial charge in [0.15, 0.2) is 5.75 Å². The molecule has 1 aromatic rings. The Kier molecular flexibility index (Phi) is 3.77. The van der Waals surface area contributed by atoms with Gasteiger partial charge in [0.1, 0.15) is 0 Å². The summed E-state index contributed by atoms with van der Waals surface area (Å²) < 4.78 is 5.76. The third kappa shape index (κ3) is 2.39. The van der Waals surface area contributed by atoms with Gasteiger partial charge >= 0.3 is 5.97 Å². The van der Waals surface area contributed by atoms with Crippen LogP contribution in [0.15, 0.2) is 34.2 Å². The molecule has 0 N–H and O–H groups in total. The van der Waals surface area contributed by atoms with Crippen molar-refractivity contribution in [2.24, 2.45) is 0 Å². The molecule has 0 amide bonds. The minimum atomic E-state index is -0.494. The van der Waals surface area contributed by atoms with E-state index in [4.69, 9.17) is 4.74 Å². The van der Waals surface area contributed by atoms with Crippen LogP contribution in [0.3, 0.4) is 0 Å². The number of carbonyl (C=O) groups excluding carboxylic acids is 1. The van der Waals surface area contributed by atoms with E-state index < -0.39 is 5.97 Å². The van der Waals surface area contributed by atoms with Crippen LogP contribution in [0, 0.1) is 6.92 Å². The normalized spacial score (nSPS) is 9.64. The van der Waals surface area contributed by atoms with E-state index >= 15 is 0 Å². The molecule has 1 rings (SSSR count). The maximum atomic E-state index is 11.0. The standard InChI is InChI=1S/C10H9BrO2S/c1-3-8(12)13-10-7(14)5-4-6(2)9(10)11/h3-5,14H,1H2,2H3. The SMILES string of the molecule is C=CC(=O)Oc1c(S)ccc(C)c1Br. The number of rotatable bonds is 2. The van der Waals surface area contributed by atoms with E-state index in [0.717, 1.165) is 16.1 Å². The van der Waals surface area contributed by atoms with Crippen molar-refractivity contribution in [2.75, 3.05) is 0 Å². The predicted octanol–water partition coefficient (Wildman–Crippen LogP) is 3.14. The van der Waals surface area contributed by atoms with Crippen LogP contribution >= 0.6 is 28.6 Å². The molecule has 4 heteroatoms. The molecule has 0 bridgehead atoms. The van der Waals surface area contributed by atoms with E-state index in [2.05, 4.69) is 35.1 Å². The Morgan fingerprint density at radius 2 is 2.29 bits per heavy atom. The summed E-state index contributed by atoms with van der Waals surface area (Å²) >= 11 is 7.52. The molecule has 0 atom stereocenters. The van der Waals surface area contributed by atoms with Crippen molar-refractivity contribution in [3.05, 3.63) is 34.8 Å². The Bertz CT molecular complexity index is 388. The van der Waals surface area contributed by atoms with Crippen LogP contribution in [0.1, 0.15) is 5.56 Å². The predicted molar refractivity (Wildman–Crippen MR) is 62.0 cm³/mol. The fourth-order valence-corrected chi connectivity index (χ4v) is 1.70. The average Bonchev–Trinajstić information content (AvgIpc) is 2.18. The highest BCUT2D eigenvalue weighted by Gasteiger charge is 2.10. The second-order valence-electron chi connectivity index (χ2n) is 2.67. The molecule has 0 aromatic heterocycles. The molecule has 2 nitrogen and oxygen atoms in total. The summed E-state index contributed by atoms with van der Waals surface area (Å²) in [6.45, 7) is 5.23. The highest BCUT2D eigenvalue weighted by atomic mass is 79.9. The summed E-state index contributed by atoms with van der Waals surface area (Å²) in [5, 5.41) is 0.